The van der Waals surface area contributed by atoms with Gasteiger partial charge >= 0.3 is 0 Å². The third kappa shape index (κ3) is 2.08. The third-order valence-corrected chi connectivity index (χ3v) is 4.15. The molecule has 1 unspecified atom stereocenters. The normalized spacial score (nSPS) is 18.3. The fourth-order valence-corrected chi connectivity index (χ4v) is 2.98. The summed E-state index contributed by atoms with van der Waals surface area (Å²) in [4.78, 5) is 7.00. The number of rotatable bonds is 2. The summed E-state index contributed by atoms with van der Waals surface area (Å²) < 4.78 is 0. The molecule has 1 aliphatic rings. The lowest BCUT2D eigenvalue weighted by molar-refractivity contribution is 0.636. The zero-order chi connectivity index (χ0) is 12.5. The van der Waals surface area contributed by atoms with Gasteiger partial charge in [-0.3, -0.25) is 0 Å². The summed E-state index contributed by atoms with van der Waals surface area (Å²) in [5.41, 5.74) is 3.67. The molecular weight excluding hydrogens is 242 g/mol. The van der Waals surface area contributed by atoms with Crippen molar-refractivity contribution >= 4 is 22.7 Å². The predicted molar refractivity (Wildman–Crippen MR) is 77.4 cm³/mol. The summed E-state index contributed by atoms with van der Waals surface area (Å²) in [6, 6.07) is 8.98. The molecule has 0 aliphatic carbocycles. The van der Waals surface area contributed by atoms with Crippen molar-refractivity contribution < 1.29 is 0 Å². The Morgan fingerprint density at radius 2 is 2.28 bits per heavy atom. The van der Waals surface area contributed by atoms with E-state index in [1.54, 1.807) is 11.3 Å². The highest BCUT2D eigenvalue weighted by Crippen LogP contribution is 2.32. The molecule has 0 amide bonds. The van der Waals surface area contributed by atoms with E-state index >= 15 is 0 Å². The van der Waals surface area contributed by atoms with Crippen LogP contribution in [0.15, 0.2) is 29.6 Å². The van der Waals surface area contributed by atoms with Crippen LogP contribution in [0, 0.1) is 6.92 Å². The van der Waals surface area contributed by atoms with Crippen LogP contribution >= 0.6 is 11.3 Å². The maximum atomic E-state index is 4.57. The Hall–Kier alpha value is -1.55. The van der Waals surface area contributed by atoms with Gasteiger partial charge in [0.05, 0.1) is 28.6 Å². The molecule has 0 saturated carbocycles. The van der Waals surface area contributed by atoms with Crippen molar-refractivity contribution in [3.8, 4) is 0 Å². The van der Waals surface area contributed by atoms with Crippen LogP contribution in [-0.2, 0) is 6.54 Å². The summed E-state index contributed by atoms with van der Waals surface area (Å²) in [6.45, 7) is 6.19. The van der Waals surface area contributed by atoms with Gasteiger partial charge in [0.25, 0.3) is 0 Å². The quantitative estimate of drug-likeness (QED) is 0.897. The molecule has 0 bridgehead atoms. The van der Waals surface area contributed by atoms with Crippen LogP contribution in [0.2, 0.25) is 0 Å². The smallest absolute Gasteiger partial charge is 0.0898 e. The molecule has 94 valence electrons. The molecule has 2 heterocycles. The average molecular weight is 259 g/mol. The summed E-state index contributed by atoms with van der Waals surface area (Å²) in [5.74, 6) is 0. The summed E-state index contributed by atoms with van der Waals surface area (Å²) in [7, 11) is 0. The highest BCUT2D eigenvalue weighted by Gasteiger charge is 2.22. The molecule has 1 atom stereocenters. The fraction of sp³-hybridized carbons (Fsp3) is 0.357. The lowest BCUT2D eigenvalue weighted by atomic mass is 10.1. The molecule has 18 heavy (non-hydrogen) atoms. The third-order valence-electron chi connectivity index (χ3n) is 3.33. The van der Waals surface area contributed by atoms with Gasteiger partial charge in [0.15, 0.2) is 0 Å². The molecule has 0 radical (unpaired) electrons. The minimum absolute atomic E-state index is 0.488. The van der Waals surface area contributed by atoms with E-state index in [0.29, 0.717) is 6.04 Å². The number of nitrogens with one attached hydrogen (secondary N) is 1. The molecule has 3 rings (SSSR count). The molecule has 4 heteroatoms. The van der Waals surface area contributed by atoms with E-state index in [4.69, 9.17) is 0 Å². The Morgan fingerprint density at radius 1 is 1.44 bits per heavy atom. The van der Waals surface area contributed by atoms with Gasteiger partial charge in [0.2, 0.25) is 0 Å². The van der Waals surface area contributed by atoms with Crippen LogP contribution in [0.1, 0.15) is 17.6 Å². The fourth-order valence-electron chi connectivity index (χ4n) is 2.38. The van der Waals surface area contributed by atoms with Gasteiger partial charge in [-0.05, 0) is 26.0 Å². The number of aryl methyl sites for hydroxylation is 1. The van der Waals surface area contributed by atoms with Crippen LogP contribution < -0.4 is 10.2 Å². The largest absolute Gasteiger partial charge is 0.381 e. The molecule has 3 nitrogen and oxygen atoms in total. The number of aromatic nitrogens is 1. The Labute approximate surface area is 111 Å². The molecule has 1 N–H and O–H groups in total. The van der Waals surface area contributed by atoms with Gasteiger partial charge in [-0.25, -0.2) is 4.98 Å². The molecule has 1 aromatic heterocycles. The number of benzene rings is 1. The van der Waals surface area contributed by atoms with Crippen LogP contribution in [-0.4, -0.2) is 17.6 Å². The Bertz CT molecular complexity index is 549. The van der Waals surface area contributed by atoms with Crippen molar-refractivity contribution in [1.82, 2.24) is 4.98 Å². The van der Waals surface area contributed by atoms with Crippen molar-refractivity contribution in [3.05, 3.63) is 40.3 Å². The lowest BCUT2D eigenvalue weighted by Crippen LogP contribution is -2.41. The van der Waals surface area contributed by atoms with E-state index < -0.39 is 0 Å². The van der Waals surface area contributed by atoms with Crippen LogP contribution in [0.25, 0.3) is 0 Å². The second kappa shape index (κ2) is 4.61. The first-order valence-corrected chi connectivity index (χ1v) is 7.12. The van der Waals surface area contributed by atoms with Gasteiger partial charge in [-0.15, -0.1) is 11.3 Å². The first kappa shape index (κ1) is 11.5. The maximum Gasteiger partial charge on any atom is 0.0898 e. The Morgan fingerprint density at radius 3 is 3.06 bits per heavy atom. The molecule has 1 aromatic carbocycles. The summed E-state index contributed by atoms with van der Waals surface area (Å²) in [6.07, 6.45) is 0. The second-order valence-electron chi connectivity index (χ2n) is 4.73. The van der Waals surface area contributed by atoms with Crippen LogP contribution in [0.3, 0.4) is 0 Å². The van der Waals surface area contributed by atoms with Crippen LogP contribution in [0.4, 0.5) is 11.4 Å². The first-order valence-electron chi connectivity index (χ1n) is 6.24. The monoisotopic (exact) mass is 259 g/mol. The molecule has 1 aliphatic heterocycles. The van der Waals surface area contributed by atoms with Crippen molar-refractivity contribution in [2.45, 2.75) is 26.4 Å². The highest BCUT2D eigenvalue weighted by atomic mass is 32.1. The zero-order valence-corrected chi connectivity index (χ0v) is 11.5. The second-order valence-corrected chi connectivity index (χ2v) is 5.80. The highest BCUT2D eigenvalue weighted by molar-refractivity contribution is 7.09. The van der Waals surface area contributed by atoms with Crippen molar-refractivity contribution in [2.24, 2.45) is 0 Å². The van der Waals surface area contributed by atoms with Crippen molar-refractivity contribution in [1.29, 1.82) is 0 Å². The number of nitrogens with zero attached hydrogens (tertiary/aromatic N) is 2. The van der Waals surface area contributed by atoms with Gasteiger partial charge in [-0.2, -0.15) is 0 Å². The van der Waals surface area contributed by atoms with Gasteiger partial charge in [0, 0.05) is 18.0 Å². The van der Waals surface area contributed by atoms with E-state index in [-0.39, 0.29) is 0 Å². The Balaban J connectivity index is 1.91. The van der Waals surface area contributed by atoms with E-state index in [1.165, 1.54) is 17.1 Å². The molecule has 0 spiro atoms. The van der Waals surface area contributed by atoms with E-state index in [9.17, 15) is 0 Å². The van der Waals surface area contributed by atoms with E-state index in [0.717, 1.165) is 18.1 Å². The Kier molecular flexibility index (Phi) is 2.96. The molecule has 2 aromatic rings. The van der Waals surface area contributed by atoms with E-state index in [1.807, 2.05) is 0 Å². The standard InChI is InChI=1S/C14H17N3S/c1-10-7-15-13-5-3-4-6-14(13)17(10)8-12-9-18-11(2)16-12/h3-6,9-10,15H,7-8H2,1-2H3. The van der Waals surface area contributed by atoms with Crippen molar-refractivity contribution in [2.75, 3.05) is 16.8 Å². The number of thiazole rings is 1. The topological polar surface area (TPSA) is 28.2 Å². The minimum atomic E-state index is 0.488. The zero-order valence-electron chi connectivity index (χ0n) is 10.7. The number of anilines is 2. The average Bonchev–Trinajstić information content (AvgIpc) is 2.79. The predicted octanol–water partition coefficient (Wildman–Crippen LogP) is 3.27. The molecule has 0 saturated heterocycles. The van der Waals surface area contributed by atoms with Gasteiger partial charge in [0.1, 0.15) is 0 Å². The maximum absolute atomic E-state index is 4.57. The molecule has 0 fully saturated rings. The van der Waals surface area contributed by atoms with Crippen molar-refractivity contribution in [3.63, 3.8) is 0 Å². The SMILES string of the molecule is Cc1nc(CN2c3ccccc3NCC2C)cs1. The van der Waals surface area contributed by atoms with Gasteiger partial charge < -0.3 is 10.2 Å². The molecular formula is C14H17N3S. The number of hydrogen-bond donors (Lipinski definition) is 1. The summed E-state index contributed by atoms with van der Waals surface area (Å²) in [5, 5.41) is 6.77. The number of hydrogen-bond acceptors (Lipinski definition) is 4. The number of fused-ring (bicyclic) bond motifs is 1. The number of para-hydroxylation sites is 2. The minimum Gasteiger partial charge on any atom is -0.381 e. The van der Waals surface area contributed by atoms with Gasteiger partial charge in [-0.1, -0.05) is 12.1 Å². The lowest BCUT2D eigenvalue weighted by Gasteiger charge is -2.37. The van der Waals surface area contributed by atoms with Crippen LogP contribution in [0.5, 0.6) is 0 Å². The summed E-state index contributed by atoms with van der Waals surface area (Å²) >= 11 is 1.72. The first-order chi connectivity index (χ1) is 8.74. The van der Waals surface area contributed by atoms with E-state index in [2.05, 4.69) is 58.7 Å².